The molecule has 6 rings (SSSR count). The van der Waals surface area contributed by atoms with Gasteiger partial charge in [-0.2, -0.15) is 102 Å². The summed E-state index contributed by atoms with van der Waals surface area (Å²) < 4.78 is 0. The molecule has 0 saturated carbocycles. The first kappa shape index (κ1) is 33.6. The van der Waals surface area contributed by atoms with Crippen molar-refractivity contribution in [2.75, 3.05) is 0 Å². The molecular formula is C38H42Fe2-4. The van der Waals surface area contributed by atoms with E-state index in [1.54, 1.807) is 0 Å². The fourth-order valence-electron chi connectivity index (χ4n) is 5.58. The zero-order valence-electron chi connectivity index (χ0n) is 25.6. The summed E-state index contributed by atoms with van der Waals surface area (Å²) in [5.74, 6) is 0. The smallest absolute Gasteiger partial charge is 0 e. The Morgan fingerprint density at radius 3 is 0.925 bits per heavy atom. The molecule has 0 spiro atoms. The van der Waals surface area contributed by atoms with Gasteiger partial charge in [-0.15, -0.1) is 22.9 Å². The monoisotopic (exact) mass is 610 g/mol. The normalized spacial score (nSPS) is 10.3. The Kier molecular flexibility index (Phi) is 11.6. The molecule has 0 nitrogen and oxygen atoms in total. The van der Waals surface area contributed by atoms with Crippen molar-refractivity contribution in [3.63, 3.8) is 0 Å². The van der Waals surface area contributed by atoms with Gasteiger partial charge in [-0.05, 0) is 0 Å². The zero-order valence-corrected chi connectivity index (χ0v) is 27.8. The van der Waals surface area contributed by atoms with Crippen molar-refractivity contribution >= 4 is 21.5 Å². The molecule has 0 unspecified atom stereocenters. The quantitative estimate of drug-likeness (QED) is 0.128. The third-order valence-electron chi connectivity index (χ3n) is 9.28. The van der Waals surface area contributed by atoms with Crippen LogP contribution >= 0.6 is 0 Å². The topological polar surface area (TPSA) is 0 Å². The average molecular weight is 610 g/mol. The van der Waals surface area contributed by atoms with Gasteiger partial charge < -0.3 is 0 Å². The van der Waals surface area contributed by atoms with Crippen molar-refractivity contribution < 1.29 is 34.1 Å². The molecule has 6 aromatic rings. The number of hydrogen-bond donors (Lipinski definition) is 0. The second-order valence-corrected chi connectivity index (χ2v) is 10.9. The van der Waals surface area contributed by atoms with Crippen molar-refractivity contribution in [1.82, 2.24) is 0 Å². The van der Waals surface area contributed by atoms with Crippen molar-refractivity contribution in [2.45, 2.75) is 69.2 Å². The standard InChI is InChI=1S/C18H12.2C10H15.2Fe/c1-3-7-15-13(5-1)9-11-17(15)18-12-10-14-6-2-4-8-16(14)18;2*1-6-7(2)9(4)10(5)8(6)3;;/h1-12H;2*1-5H3;;/q-2;2*-1;;. The molecule has 0 atom stereocenters. The van der Waals surface area contributed by atoms with Crippen LogP contribution in [0.4, 0.5) is 0 Å². The summed E-state index contributed by atoms with van der Waals surface area (Å²) in [7, 11) is 0. The largest absolute Gasteiger partial charge is 0.196 e. The van der Waals surface area contributed by atoms with Crippen LogP contribution in [0.3, 0.4) is 0 Å². The van der Waals surface area contributed by atoms with Crippen molar-refractivity contribution in [1.29, 1.82) is 0 Å². The van der Waals surface area contributed by atoms with Crippen LogP contribution in [0.5, 0.6) is 0 Å². The molecule has 0 fully saturated rings. The van der Waals surface area contributed by atoms with Crippen molar-refractivity contribution in [3.8, 4) is 11.1 Å². The van der Waals surface area contributed by atoms with Crippen LogP contribution in [0.15, 0.2) is 72.8 Å². The van der Waals surface area contributed by atoms with E-state index in [1.165, 1.54) is 88.3 Å². The van der Waals surface area contributed by atoms with E-state index < -0.39 is 0 Å². The second kappa shape index (κ2) is 13.8. The van der Waals surface area contributed by atoms with Gasteiger partial charge in [0.2, 0.25) is 0 Å². The predicted molar refractivity (Wildman–Crippen MR) is 170 cm³/mol. The molecule has 214 valence electrons. The molecule has 0 aliphatic heterocycles. The van der Waals surface area contributed by atoms with Crippen LogP contribution in [-0.2, 0) is 34.1 Å². The minimum Gasteiger partial charge on any atom is -0.196 e. The summed E-state index contributed by atoms with van der Waals surface area (Å²) >= 11 is 0. The molecule has 0 aliphatic rings. The molecule has 0 N–H and O–H groups in total. The van der Waals surface area contributed by atoms with Gasteiger partial charge in [0, 0.05) is 34.1 Å². The van der Waals surface area contributed by atoms with Crippen LogP contribution in [-0.4, -0.2) is 0 Å². The number of rotatable bonds is 1. The first-order valence-corrected chi connectivity index (χ1v) is 13.7. The van der Waals surface area contributed by atoms with Crippen LogP contribution in [0, 0.1) is 69.2 Å². The Morgan fingerprint density at radius 1 is 0.400 bits per heavy atom. The molecule has 6 aromatic carbocycles. The molecule has 0 aliphatic carbocycles. The Morgan fingerprint density at radius 2 is 0.675 bits per heavy atom. The van der Waals surface area contributed by atoms with Gasteiger partial charge in [0.1, 0.15) is 0 Å². The SMILES string of the molecule is Cc1c(C)c(C)[c-](C)c1C.Cc1c(C)c(C)[c-](C)c1C.[Fe].[Fe].c1ccc2c(c1)cc[c-]2-[c-]1ccc2ccccc21. The van der Waals surface area contributed by atoms with E-state index in [-0.39, 0.29) is 34.1 Å². The Hall–Kier alpha value is -2.60. The average Bonchev–Trinajstić information content (AvgIpc) is 3.64. The first-order valence-electron chi connectivity index (χ1n) is 13.7. The molecule has 0 heterocycles. The van der Waals surface area contributed by atoms with Crippen LogP contribution < -0.4 is 0 Å². The molecular weight excluding hydrogens is 568 g/mol. The van der Waals surface area contributed by atoms with E-state index in [0.717, 1.165) is 0 Å². The van der Waals surface area contributed by atoms with Crippen molar-refractivity contribution in [2.24, 2.45) is 0 Å². The van der Waals surface area contributed by atoms with E-state index in [2.05, 4.69) is 142 Å². The maximum Gasteiger partial charge on any atom is 0 e. The summed E-state index contributed by atoms with van der Waals surface area (Å²) in [5, 5.41) is 5.32. The minimum absolute atomic E-state index is 0. The predicted octanol–water partition coefficient (Wildman–Crippen LogP) is 11.0. The Balaban J connectivity index is 0.000000222. The maximum atomic E-state index is 2.23. The van der Waals surface area contributed by atoms with E-state index in [1.807, 2.05) is 0 Å². The summed E-state index contributed by atoms with van der Waals surface area (Å²) in [6, 6.07) is 26.0. The van der Waals surface area contributed by atoms with E-state index in [4.69, 9.17) is 0 Å². The Bertz CT molecular complexity index is 1420. The number of fused-ring (bicyclic) bond motifs is 2. The fourth-order valence-corrected chi connectivity index (χ4v) is 5.58. The third-order valence-corrected chi connectivity index (χ3v) is 9.28. The molecule has 0 bridgehead atoms. The van der Waals surface area contributed by atoms with E-state index in [9.17, 15) is 0 Å². The van der Waals surface area contributed by atoms with Gasteiger partial charge in [0.15, 0.2) is 0 Å². The first-order chi connectivity index (χ1) is 18.0. The molecule has 2 heteroatoms. The van der Waals surface area contributed by atoms with Gasteiger partial charge in [-0.3, -0.25) is 0 Å². The molecule has 0 aromatic heterocycles. The molecule has 0 saturated heterocycles. The Labute approximate surface area is 263 Å². The summed E-state index contributed by atoms with van der Waals surface area (Å²) in [4.78, 5) is 0. The van der Waals surface area contributed by atoms with Crippen LogP contribution in [0.2, 0.25) is 0 Å². The van der Waals surface area contributed by atoms with Crippen LogP contribution in [0.1, 0.15) is 55.6 Å². The van der Waals surface area contributed by atoms with Crippen LogP contribution in [0.25, 0.3) is 32.7 Å². The molecule has 40 heavy (non-hydrogen) atoms. The van der Waals surface area contributed by atoms with Crippen molar-refractivity contribution in [3.05, 3.63) is 128 Å². The van der Waals surface area contributed by atoms with E-state index in [0.29, 0.717) is 0 Å². The zero-order chi connectivity index (χ0) is 27.7. The fraction of sp³-hybridized carbons (Fsp3) is 0.263. The number of benzene rings is 2. The molecule has 0 amide bonds. The molecule has 0 radical (unpaired) electrons. The van der Waals surface area contributed by atoms with Gasteiger partial charge >= 0.3 is 0 Å². The van der Waals surface area contributed by atoms with E-state index >= 15 is 0 Å². The van der Waals surface area contributed by atoms with Gasteiger partial charge in [0.25, 0.3) is 0 Å². The van der Waals surface area contributed by atoms with Gasteiger partial charge in [0.05, 0.1) is 0 Å². The summed E-state index contributed by atoms with van der Waals surface area (Å²) in [6.07, 6.45) is 0. The summed E-state index contributed by atoms with van der Waals surface area (Å²) in [6.45, 7) is 22.0. The number of hydrogen-bond acceptors (Lipinski definition) is 0. The van der Waals surface area contributed by atoms with Gasteiger partial charge in [-0.1, -0.05) is 106 Å². The second-order valence-electron chi connectivity index (χ2n) is 10.9. The minimum atomic E-state index is 0. The summed E-state index contributed by atoms with van der Waals surface area (Å²) in [5.41, 5.74) is 17.4. The van der Waals surface area contributed by atoms with Gasteiger partial charge in [-0.25, -0.2) is 0 Å². The third kappa shape index (κ3) is 6.32. The maximum absolute atomic E-state index is 2.23.